The fraction of sp³-hybridized carbons (Fsp3) is 0.212. The van der Waals surface area contributed by atoms with E-state index in [1.807, 2.05) is 54.6 Å². The van der Waals surface area contributed by atoms with Crippen molar-refractivity contribution >= 4 is 29.3 Å². The van der Waals surface area contributed by atoms with Crippen LogP contribution in [0.3, 0.4) is 0 Å². The molecule has 41 heavy (non-hydrogen) atoms. The van der Waals surface area contributed by atoms with Crippen LogP contribution < -0.4 is 9.64 Å². The number of methoxy groups -OCH3 is 1. The highest BCUT2D eigenvalue weighted by Gasteiger charge is 2.37. The van der Waals surface area contributed by atoms with Crippen LogP contribution >= 0.6 is 11.8 Å². The minimum Gasteiger partial charge on any atom is -0.496 e. The number of carbonyl (C=O) groups is 2. The fourth-order valence-electron chi connectivity index (χ4n) is 5.18. The van der Waals surface area contributed by atoms with Gasteiger partial charge in [-0.15, -0.1) is 11.8 Å². The van der Waals surface area contributed by atoms with Crippen molar-refractivity contribution < 1.29 is 28.9 Å². The highest BCUT2D eigenvalue weighted by atomic mass is 32.2. The summed E-state index contributed by atoms with van der Waals surface area (Å²) in [5.74, 6) is 0.789. The lowest BCUT2D eigenvalue weighted by Crippen LogP contribution is -2.32. The quantitative estimate of drug-likeness (QED) is 0.197. The van der Waals surface area contributed by atoms with Crippen LogP contribution in [0.2, 0.25) is 0 Å². The summed E-state index contributed by atoms with van der Waals surface area (Å²) < 4.78 is 18.5. The summed E-state index contributed by atoms with van der Waals surface area (Å²) >= 11 is 1.66. The van der Waals surface area contributed by atoms with Gasteiger partial charge in [-0.25, -0.2) is 4.90 Å². The second-order valence-corrected chi connectivity index (χ2v) is 11.0. The number of anilines is 1. The van der Waals surface area contributed by atoms with Crippen molar-refractivity contribution in [2.75, 3.05) is 17.8 Å². The largest absolute Gasteiger partial charge is 0.496 e. The molecule has 2 amide bonds. The van der Waals surface area contributed by atoms with E-state index in [1.165, 1.54) is 4.90 Å². The molecule has 0 spiro atoms. The van der Waals surface area contributed by atoms with Crippen molar-refractivity contribution in [2.24, 2.45) is 0 Å². The summed E-state index contributed by atoms with van der Waals surface area (Å²) in [6, 6.07) is 29.7. The first-order chi connectivity index (χ1) is 20.1. The van der Waals surface area contributed by atoms with Crippen molar-refractivity contribution in [2.45, 2.75) is 36.4 Å². The van der Waals surface area contributed by atoms with E-state index in [1.54, 1.807) is 61.3 Å². The van der Waals surface area contributed by atoms with Crippen molar-refractivity contribution in [1.82, 2.24) is 0 Å². The summed E-state index contributed by atoms with van der Waals surface area (Å²) in [6.45, 7) is -0.0275. The minimum absolute atomic E-state index is 0.0275. The zero-order valence-electron chi connectivity index (χ0n) is 22.4. The minimum atomic E-state index is -0.718. The van der Waals surface area contributed by atoms with Crippen LogP contribution in [0.4, 0.5) is 5.69 Å². The number of fused-ring (bicyclic) bond motifs is 1. The number of benzene rings is 4. The molecule has 0 aliphatic carbocycles. The molecule has 0 bridgehead atoms. The highest BCUT2D eigenvalue weighted by molar-refractivity contribution is 7.99. The maximum atomic E-state index is 13.1. The van der Waals surface area contributed by atoms with Gasteiger partial charge in [-0.05, 0) is 47.5 Å². The van der Waals surface area contributed by atoms with Crippen molar-refractivity contribution in [3.05, 3.63) is 125 Å². The van der Waals surface area contributed by atoms with Crippen LogP contribution in [0, 0.1) is 0 Å². The number of hydrogen-bond acceptors (Lipinski definition) is 7. The number of ether oxygens (including phenoxy) is 3. The predicted molar refractivity (Wildman–Crippen MR) is 156 cm³/mol. The van der Waals surface area contributed by atoms with E-state index >= 15 is 0 Å². The van der Waals surface area contributed by atoms with Gasteiger partial charge in [0.2, 0.25) is 0 Å². The Kier molecular flexibility index (Phi) is 7.89. The number of aliphatic hydroxyl groups is 1. The number of thioether (sulfide) groups is 1. The molecule has 208 valence electrons. The Balaban J connectivity index is 1.27. The molecule has 1 N–H and O–H groups in total. The van der Waals surface area contributed by atoms with Gasteiger partial charge in [0.25, 0.3) is 11.8 Å². The average Bonchev–Trinajstić information content (AvgIpc) is 3.29. The lowest BCUT2D eigenvalue weighted by Gasteiger charge is -2.36. The van der Waals surface area contributed by atoms with Crippen LogP contribution in [-0.4, -0.2) is 35.9 Å². The molecule has 2 aliphatic heterocycles. The summed E-state index contributed by atoms with van der Waals surface area (Å²) in [4.78, 5) is 28.5. The van der Waals surface area contributed by atoms with Gasteiger partial charge in [0.1, 0.15) is 5.75 Å². The number of rotatable bonds is 8. The van der Waals surface area contributed by atoms with E-state index in [0.29, 0.717) is 34.6 Å². The lowest BCUT2D eigenvalue weighted by molar-refractivity contribution is -0.245. The smallest absolute Gasteiger partial charge is 0.266 e. The Labute approximate surface area is 242 Å². The SMILES string of the molecule is COc1ccccc1SCC1CC(c2ccc(CO)cc2)OC(c2cccc(N3C(=O)c4ccccc4C3=O)c2)O1. The molecule has 4 aromatic rings. The summed E-state index contributed by atoms with van der Waals surface area (Å²) in [5.41, 5.74) is 3.78. The first kappa shape index (κ1) is 27.2. The fourth-order valence-corrected chi connectivity index (χ4v) is 6.23. The zero-order chi connectivity index (χ0) is 28.3. The molecule has 0 radical (unpaired) electrons. The van der Waals surface area contributed by atoms with Gasteiger partial charge in [0, 0.05) is 22.6 Å². The van der Waals surface area contributed by atoms with E-state index in [9.17, 15) is 14.7 Å². The summed E-state index contributed by atoms with van der Waals surface area (Å²) in [6.07, 6.45) is -0.499. The average molecular weight is 568 g/mol. The van der Waals surface area contributed by atoms with Gasteiger partial charge in [-0.2, -0.15) is 0 Å². The monoisotopic (exact) mass is 567 g/mol. The molecule has 4 aromatic carbocycles. The third-order valence-corrected chi connectivity index (χ3v) is 8.49. The molecule has 3 unspecified atom stereocenters. The van der Waals surface area contributed by atoms with E-state index in [4.69, 9.17) is 14.2 Å². The molecule has 3 atom stereocenters. The number of amides is 2. The molecule has 1 saturated heterocycles. The maximum absolute atomic E-state index is 13.1. The Morgan fingerprint density at radius 2 is 1.56 bits per heavy atom. The van der Waals surface area contributed by atoms with Gasteiger partial charge in [-0.3, -0.25) is 9.59 Å². The van der Waals surface area contributed by atoms with Crippen LogP contribution in [-0.2, 0) is 16.1 Å². The van der Waals surface area contributed by atoms with Crippen molar-refractivity contribution in [1.29, 1.82) is 0 Å². The normalized spacial score (nSPS) is 20.2. The van der Waals surface area contributed by atoms with E-state index in [-0.39, 0.29) is 30.6 Å². The Hall–Kier alpha value is -3.95. The zero-order valence-corrected chi connectivity index (χ0v) is 23.3. The molecule has 2 aliphatic rings. The number of imide groups is 1. The second-order valence-electron chi connectivity index (χ2n) is 9.90. The summed E-state index contributed by atoms with van der Waals surface area (Å²) in [7, 11) is 1.66. The second kappa shape index (κ2) is 11.9. The van der Waals surface area contributed by atoms with E-state index in [0.717, 1.165) is 21.8 Å². The van der Waals surface area contributed by atoms with Gasteiger partial charge in [0.05, 0.1) is 42.7 Å². The number of hydrogen-bond donors (Lipinski definition) is 1. The summed E-state index contributed by atoms with van der Waals surface area (Å²) in [5, 5.41) is 9.49. The van der Waals surface area contributed by atoms with Crippen LogP contribution in [0.15, 0.2) is 102 Å². The molecule has 0 saturated carbocycles. The van der Waals surface area contributed by atoms with E-state index < -0.39 is 6.29 Å². The van der Waals surface area contributed by atoms with E-state index in [2.05, 4.69) is 0 Å². The first-order valence-electron chi connectivity index (χ1n) is 13.4. The number of nitrogens with zero attached hydrogens (tertiary/aromatic N) is 1. The number of para-hydroxylation sites is 1. The third-order valence-electron chi connectivity index (χ3n) is 7.30. The van der Waals surface area contributed by atoms with Gasteiger partial charge in [0.15, 0.2) is 6.29 Å². The topological polar surface area (TPSA) is 85.3 Å². The molecule has 8 heteroatoms. The molecular weight excluding hydrogens is 538 g/mol. The highest BCUT2D eigenvalue weighted by Crippen LogP contribution is 2.41. The maximum Gasteiger partial charge on any atom is 0.266 e. The van der Waals surface area contributed by atoms with Crippen LogP contribution in [0.1, 0.15) is 56.2 Å². The van der Waals surface area contributed by atoms with Crippen molar-refractivity contribution in [3.8, 4) is 5.75 Å². The molecular formula is C33H29NO6S. The van der Waals surface area contributed by atoms with Gasteiger partial charge in [-0.1, -0.05) is 60.7 Å². The molecule has 7 nitrogen and oxygen atoms in total. The standard InChI is InChI=1S/C33H29NO6S/c1-38-28-11-4-5-12-30(28)41-20-25-18-29(22-15-13-21(19-35)14-16-22)40-33(39-25)23-7-6-8-24(17-23)34-31(36)26-9-2-3-10-27(26)32(34)37/h2-17,25,29,33,35H,18-20H2,1H3. The first-order valence-corrected chi connectivity index (χ1v) is 14.4. The number of carbonyl (C=O) groups excluding carboxylic acids is 2. The van der Waals surface area contributed by atoms with Crippen molar-refractivity contribution in [3.63, 3.8) is 0 Å². The number of aliphatic hydroxyl groups excluding tert-OH is 1. The Morgan fingerprint density at radius 3 is 2.27 bits per heavy atom. The predicted octanol–water partition coefficient (Wildman–Crippen LogP) is 6.33. The molecule has 0 aromatic heterocycles. The van der Waals surface area contributed by atoms with Crippen LogP contribution in [0.5, 0.6) is 5.75 Å². The third kappa shape index (κ3) is 5.52. The Morgan fingerprint density at radius 1 is 0.854 bits per heavy atom. The molecule has 1 fully saturated rings. The molecule has 6 rings (SSSR count). The van der Waals surface area contributed by atoms with Crippen LogP contribution in [0.25, 0.3) is 0 Å². The Bertz CT molecular complexity index is 1540. The molecule has 2 heterocycles. The van der Waals surface area contributed by atoms with Gasteiger partial charge >= 0.3 is 0 Å². The lowest BCUT2D eigenvalue weighted by atomic mass is 10.0. The van der Waals surface area contributed by atoms with Gasteiger partial charge < -0.3 is 19.3 Å².